The van der Waals surface area contributed by atoms with Crippen molar-refractivity contribution in [2.45, 2.75) is 44.2 Å². The number of halogens is 4. The molecule has 218 valence electrons. The number of imidazole rings is 1. The van der Waals surface area contributed by atoms with Crippen LogP contribution in [0.25, 0.3) is 16.9 Å². The minimum atomic E-state index is -5.08. The second-order valence-electron chi connectivity index (χ2n) is 9.82. The molecule has 1 fully saturated rings. The van der Waals surface area contributed by atoms with Crippen LogP contribution in [0.15, 0.2) is 60.9 Å². The number of benzene rings is 2. The average molecular weight is 611 g/mol. The molecule has 5 rings (SSSR count). The predicted octanol–water partition coefficient (Wildman–Crippen LogP) is 6.14. The Morgan fingerprint density at radius 2 is 1.61 bits per heavy atom. The molecule has 0 spiro atoms. The molecule has 2 aromatic heterocycles. The van der Waals surface area contributed by atoms with Crippen molar-refractivity contribution >= 4 is 36.3 Å². The van der Waals surface area contributed by atoms with Gasteiger partial charge in [0.1, 0.15) is 17.7 Å². The van der Waals surface area contributed by atoms with Gasteiger partial charge in [-0.2, -0.15) is 13.2 Å². The maximum absolute atomic E-state index is 11.3. The van der Waals surface area contributed by atoms with E-state index in [4.69, 9.17) is 26.5 Å². The summed E-state index contributed by atoms with van der Waals surface area (Å²) in [4.78, 5) is 40.8. The minimum Gasteiger partial charge on any atom is -0.475 e. The highest BCUT2D eigenvalue weighted by atomic mass is 35.5. The van der Waals surface area contributed by atoms with Crippen molar-refractivity contribution < 1.29 is 37.4 Å². The normalized spacial score (nSPS) is 17.6. The molecule has 0 aliphatic heterocycles. The molecule has 0 atom stereocenters. The number of carboxylic acids is 1. The molecule has 14 heteroatoms. The largest absolute Gasteiger partial charge is 0.490 e. The fourth-order valence-corrected chi connectivity index (χ4v) is 6.20. The summed E-state index contributed by atoms with van der Waals surface area (Å²) < 4.78 is 45.1. The Hall–Kier alpha value is -3.31. The van der Waals surface area contributed by atoms with Gasteiger partial charge in [0.05, 0.1) is 6.16 Å². The van der Waals surface area contributed by atoms with E-state index in [-0.39, 0.29) is 12.1 Å². The summed E-state index contributed by atoms with van der Waals surface area (Å²) in [7, 11) is -3.94. The van der Waals surface area contributed by atoms with E-state index in [0.717, 1.165) is 42.8 Å². The molecule has 1 saturated carbocycles. The molecule has 1 aliphatic carbocycles. The van der Waals surface area contributed by atoms with Crippen LogP contribution in [-0.2, 0) is 15.8 Å². The lowest BCUT2D eigenvalue weighted by Crippen LogP contribution is -2.21. The number of rotatable bonds is 6. The lowest BCUT2D eigenvalue weighted by Gasteiger charge is -2.29. The second kappa shape index (κ2) is 12.7. The third kappa shape index (κ3) is 8.13. The number of aliphatic carboxylic acids is 1. The van der Waals surface area contributed by atoms with Gasteiger partial charge in [-0.25, -0.2) is 19.7 Å². The van der Waals surface area contributed by atoms with E-state index in [9.17, 15) is 27.5 Å². The van der Waals surface area contributed by atoms with Crippen LogP contribution >= 0.6 is 19.2 Å². The highest BCUT2D eigenvalue weighted by Gasteiger charge is 2.38. The van der Waals surface area contributed by atoms with Crippen molar-refractivity contribution in [3.8, 4) is 5.69 Å². The summed E-state index contributed by atoms with van der Waals surface area (Å²) in [5.74, 6) is -1.40. The van der Waals surface area contributed by atoms with Crippen LogP contribution in [0, 0.1) is 5.92 Å². The van der Waals surface area contributed by atoms with E-state index in [1.165, 1.54) is 11.9 Å². The third-order valence-corrected chi connectivity index (χ3v) is 8.15. The van der Waals surface area contributed by atoms with Gasteiger partial charge >= 0.3 is 19.7 Å². The average Bonchev–Trinajstić information content (AvgIpc) is 3.28. The van der Waals surface area contributed by atoms with Crippen molar-refractivity contribution in [2.24, 2.45) is 5.92 Å². The fraction of sp³-hybridized carbons (Fsp3) is 0.333. The minimum absolute atomic E-state index is 0.000962. The van der Waals surface area contributed by atoms with Crippen LogP contribution in [0.4, 0.5) is 13.2 Å². The number of alkyl halides is 3. The first kappa shape index (κ1) is 30.6. The smallest absolute Gasteiger partial charge is 0.475 e. The molecule has 3 N–H and O–H groups in total. The van der Waals surface area contributed by atoms with Crippen LogP contribution in [0.2, 0.25) is 5.15 Å². The van der Waals surface area contributed by atoms with E-state index in [0.29, 0.717) is 28.7 Å². The maximum atomic E-state index is 11.3. The first-order valence-electron chi connectivity index (χ1n) is 12.7. The lowest BCUT2D eigenvalue weighted by atomic mass is 9.79. The van der Waals surface area contributed by atoms with Gasteiger partial charge in [-0.3, -0.25) is 9.13 Å². The molecule has 4 aromatic rings. The molecule has 2 aromatic carbocycles. The molecule has 0 saturated heterocycles. The molecular weight excluding hydrogens is 584 g/mol. The topological polar surface area (TPSA) is 138 Å². The second-order valence-corrected chi connectivity index (χ2v) is 11.9. The Bertz CT molecular complexity index is 1540. The highest BCUT2D eigenvalue weighted by molar-refractivity contribution is 7.51. The summed E-state index contributed by atoms with van der Waals surface area (Å²) in [6.07, 6.45) is 0.598. The molecule has 0 bridgehead atoms. The van der Waals surface area contributed by atoms with Crippen LogP contribution in [-0.4, -0.2) is 52.7 Å². The zero-order chi connectivity index (χ0) is 29.8. The van der Waals surface area contributed by atoms with E-state index in [1.807, 2.05) is 22.8 Å². The van der Waals surface area contributed by atoms with Gasteiger partial charge in [-0.1, -0.05) is 54.1 Å². The quantitative estimate of drug-likeness (QED) is 0.175. The van der Waals surface area contributed by atoms with E-state index < -0.39 is 19.7 Å². The fourth-order valence-electron chi connectivity index (χ4n) is 4.99. The highest BCUT2D eigenvalue weighted by Crippen LogP contribution is 2.44. The molecule has 9 nitrogen and oxygen atoms in total. The Morgan fingerprint density at radius 1 is 1.00 bits per heavy atom. The first-order valence-corrected chi connectivity index (χ1v) is 14.9. The summed E-state index contributed by atoms with van der Waals surface area (Å²) in [6.45, 7) is 0. The van der Waals surface area contributed by atoms with Gasteiger partial charge in [0.25, 0.3) is 0 Å². The van der Waals surface area contributed by atoms with E-state index in [2.05, 4.69) is 46.4 Å². The number of hydrogen-bond acceptors (Lipinski definition) is 5. The van der Waals surface area contributed by atoms with Crippen LogP contribution in [0.5, 0.6) is 0 Å². The monoisotopic (exact) mass is 610 g/mol. The molecule has 0 unspecified atom stereocenters. The van der Waals surface area contributed by atoms with Crippen molar-refractivity contribution in [3.05, 3.63) is 83.0 Å². The SMILES string of the molecule is O=C(O)C(F)(F)F.O=P(O)(O)CC1CCC(c2ccc(-n3c(Cc4ccccc4)nc4c(Cl)ncnc43)cc2)CC1. The van der Waals surface area contributed by atoms with Gasteiger partial charge in [0.15, 0.2) is 10.8 Å². The Labute approximate surface area is 238 Å². The first-order chi connectivity index (χ1) is 19.3. The van der Waals surface area contributed by atoms with Gasteiger partial charge in [0.2, 0.25) is 0 Å². The van der Waals surface area contributed by atoms with Crippen molar-refractivity contribution in [2.75, 3.05) is 6.16 Å². The maximum Gasteiger partial charge on any atom is 0.490 e. The molecule has 0 radical (unpaired) electrons. The summed E-state index contributed by atoms with van der Waals surface area (Å²) in [5, 5.41) is 7.46. The van der Waals surface area contributed by atoms with Crippen molar-refractivity contribution in [3.63, 3.8) is 0 Å². The Balaban J connectivity index is 0.000000493. The van der Waals surface area contributed by atoms with Crippen LogP contribution in [0.3, 0.4) is 0 Å². The zero-order valence-corrected chi connectivity index (χ0v) is 23.2. The predicted molar refractivity (Wildman–Crippen MR) is 146 cm³/mol. The standard InChI is InChI=1S/C25H26ClN4O3P.C2HF3O2/c26-24-23-25(28-16-27-24)30(22(29-23)14-17-4-2-1-3-5-17)21-12-10-20(11-13-21)19-8-6-18(7-9-19)15-34(31,32)33;3-2(4,5)1(6)7/h1-5,10-13,16,18-19H,6-9,14-15H2,(H2,31,32,33);(H,6,7). The number of aromatic nitrogens is 4. The van der Waals surface area contributed by atoms with Crippen molar-refractivity contribution in [1.29, 1.82) is 0 Å². The number of hydrogen-bond donors (Lipinski definition) is 3. The van der Waals surface area contributed by atoms with Crippen LogP contribution in [0.1, 0.15) is 48.6 Å². The van der Waals surface area contributed by atoms with E-state index in [1.54, 1.807) is 0 Å². The van der Waals surface area contributed by atoms with E-state index >= 15 is 0 Å². The van der Waals surface area contributed by atoms with Crippen LogP contribution < -0.4 is 0 Å². The number of fused-ring (bicyclic) bond motifs is 1. The molecule has 0 amide bonds. The Morgan fingerprint density at radius 3 is 2.17 bits per heavy atom. The van der Waals surface area contributed by atoms with Gasteiger partial charge in [-0.15, -0.1) is 0 Å². The number of carbonyl (C=O) groups is 1. The number of nitrogens with zero attached hydrogens (tertiary/aromatic N) is 4. The van der Waals surface area contributed by atoms with Gasteiger partial charge < -0.3 is 14.9 Å². The third-order valence-electron chi connectivity index (χ3n) is 6.88. The molecule has 1 aliphatic rings. The van der Waals surface area contributed by atoms with Gasteiger partial charge in [0, 0.05) is 12.1 Å². The summed E-state index contributed by atoms with van der Waals surface area (Å²) in [6, 6.07) is 18.6. The summed E-state index contributed by atoms with van der Waals surface area (Å²) >= 11 is 6.34. The Kier molecular flexibility index (Phi) is 9.48. The number of carboxylic acid groups (broad SMARTS) is 1. The van der Waals surface area contributed by atoms with Gasteiger partial charge in [-0.05, 0) is 60.8 Å². The molecule has 41 heavy (non-hydrogen) atoms. The zero-order valence-electron chi connectivity index (χ0n) is 21.6. The lowest BCUT2D eigenvalue weighted by molar-refractivity contribution is -0.192. The molecule has 2 heterocycles. The molecular formula is C27H27ClF3N4O5P. The summed E-state index contributed by atoms with van der Waals surface area (Å²) in [5.41, 5.74) is 4.62. The van der Waals surface area contributed by atoms with Crippen molar-refractivity contribution in [1.82, 2.24) is 19.5 Å².